The number of aliphatic hydroxyl groups is 1. The van der Waals surface area contributed by atoms with Gasteiger partial charge in [-0.25, -0.2) is 4.98 Å². The first kappa shape index (κ1) is 35.8. The van der Waals surface area contributed by atoms with Crippen molar-refractivity contribution in [1.82, 2.24) is 25.1 Å². The van der Waals surface area contributed by atoms with Crippen LogP contribution in [-0.4, -0.2) is 51.0 Å². The number of halogens is 3. The van der Waals surface area contributed by atoms with Crippen LogP contribution in [0.5, 0.6) is 0 Å². The fraction of sp³-hybridized carbons (Fsp3) is 0.394. The van der Waals surface area contributed by atoms with Crippen molar-refractivity contribution >= 4 is 37.9 Å². The van der Waals surface area contributed by atoms with Crippen LogP contribution in [0.15, 0.2) is 61.1 Å². The second kappa shape index (κ2) is 17.2. The first-order valence-electron chi connectivity index (χ1n) is 15.6. The molecule has 1 unspecified atom stereocenters. The van der Waals surface area contributed by atoms with Gasteiger partial charge in [-0.05, 0) is 62.1 Å². The molecule has 0 radical (unpaired) electrons. The lowest BCUT2D eigenvalue weighted by Crippen LogP contribution is -2.20. The molecule has 14 heteroatoms. The molecule has 4 N–H and O–H groups in total. The van der Waals surface area contributed by atoms with E-state index in [1.54, 1.807) is 43.5 Å². The molecule has 0 saturated heterocycles. The molecule has 252 valence electrons. The van der Waals surface area contributed by atoms with E-state index in [4.69, 9.17) is 9.63 Å². The summed E-state index contributed by atoms with van der Waals surface area (Å²) >= 11 is 0. The molecule has 2 aromatic carbocycles. The number of alkyl halides is 3. The van der Waals surface area contributed by atoms with Gasteiger partial charge in [-0.1, -0.05) is 37.5 Å². The summed E-state index contributed by atoms with van der Waals surface area (Å²) in [6, 6.07) is 12.7. The van der Waals surface area contributed by atoms with E-state index in [2.05, 4.69) is 31.0 Å². The van der Waals surface area contributed by atoms with Crippen molar-refractivity contribution < 1.29 is 27.6 Å². The lowest BCUT2D eigenvalue weighted by molar-refractivity contribution is -0.137. The molecule has 2 aromatic heterocycles. The Morgan fingerprint density at radius 1 is 1.04 bits per heavy atom. The van der Waals surface area contributed by atoms with Gasteiger partial charge in [0.15, 0.2) is 0 Å². The molecule has 4 aromatic rings. The van der Waals surface area contributed by atoms with Crippen molar-refractivity contribution in [3.8, 4) is 11.1 Å². The Kier molecular flexibility index (Phi) is 13.1. The lowest BCUT2D eigenvalue weighted by Gasteiger charge is -2.21. The second-order valence-electron chi connectivity index (χ2n) is 10.8. The van der Waals surface area contributed by atoms with Crippen molar-refractivity contribution in [2.24, 2.45) is 0 Å². The van der Waals surface area contributed by atoms with Gasteiger partial charge in [0, 0.05) is 58.9 Å². The first-order valence-corrected chi connectivity index (χ1v) is 16.7. The number of aromatic nitrogens is 4. The van der Waals surface area contributed by atoms with E-state index in [1.165, 1.54) is 26.3 Å². The number of rotatable bonds is 11. The van der Waals surface area contributed by atoms with Crippen molar-refractivity contribution in [2.75, 3.05) is 30.9 Å². The number of hydrogen-bond acceptors (Lipinski definition) is 8. The predicted octanol–water partition coefficient (Wildman–Crippen LogP) is 7.84. The molecule has 5 rings (SSSR count). The summed E-state index contributed by atoms with van der Waals surface area (Å²) in [6.07, 6.45) is 6.20. The van der Waals surface area contributed by atoms with E-state index in [-0.39, 0.29) is 23.8 Å². The highest BCUT2D eigenvalue weighted by Crippen LogP contribution is 2.37. The van der Waals surface area contributed by atoms with E-state index in [1.807, 2.05) is 29.9 Å². The van der Waals surface area contributed by atoms with Crippen molar-refractivity contribution in [2.45, 2.75) is 64.3 Å². The van der Waals surface area contributed by atoms with Gasteiger partial charge in [-0.2, -0.15) is 23.3 Å². The summed E-state index contributed by atoms with van der Waals surface area (Å²) in [5.74, 6) is -0.967. The summed E-state index contributed by atoms with van der Waals surface area (Å²) in [5, 5.41) is 20.4. The molecule has 10 nitrogen and oxygen atoms in total. The van der Waals surface area contributed by atoms with E-state index in [9.17, 15) is 18.0 Å². The summed E-state index contributed by atoms with van der Waals surface area (Å²) < 4.78 is 49.4. The highest BCUT2D eigenvalue weighted by molar-refractivity contribution is 7.31. The molecule has 0 aliphatic heterocycles. The quantitative estimate of drug-likeness (QED) is 0.0939. The molecule has 1 aliphatic carbocycles. The number of nitrogens with one attached hydrogen (secondary N) is 3. The zero-order valence-electron chi connectivity index (χ0n) is 26.7. The minimum Gasteiger partial charge on any atom is -0.397 e. The third kappa shape index (κ3) is 9.96. The Hall–Kier alpha value is -4.06. The maximum absolute atomic E-state index is 14.0. The van der Waals surface area contributed by atoms with Gasteiger partial charge in [0.1, 0.15) is 11.4 Å². The molecule has 1 aliphatic rings. The average molecular weight is 672 g/mol. The van der Waals surface area contributed by atoms with Gasteiger partial charge in [0.25, 0.3) is 5.91 Å². The minimum atomic E-state index is -4.73. The third-order valence-electron chi connectivity index (χ3n) is 7.45. The minimum absolute atomic E-state index is 0.0299. The molecule has 1 amide bonds. The molecular formula is C33H41F3N7O3P. The number of benzene rings is 2. The fourth-order valence-electron chi connectivity index (χ4n) is 5.13. The number of amides is 1. The van der Waals surface area contributed by atoms with Crippen LogP contribution in [0.1, 0.15) is 73.5 Å². The van der Waals surface area contributed by atoms with E-state index >= 15 is 0 Å². The first-order chi connectivity index (χ1) is 22.7. The Morgan fingerprint density at radius 3 is 2.43 bits per heavy atom. The number of hydrogen-bond donors (Lipinski definition) is 4. The van der Waals surface area contributed by atoms with Gasteiger partial charge in [0.2, 0.25) is 5.95 Å². The van der Waals surface area contributed by atoms with Gasteiger partial charge in [0.05, 0.1) is 23.5 Å². The van der Waals surface area contributed by atoms with Crippen LogP contribution < -0.4 is 16.0 Å². The molecule has 1 saturated carbocycles. The molecule has 2 heterocycles. The molecule has 1 atom stereocenters. The average Bonchev–Trinajstić information content (AvgIpc) is 3.56. The lowest BCUT2D eigenvalue weighted by atomic mass is 9.96. The van der Waals surface area contributed by atoms with Crippen LogP contribution in [0.2, 0.25) is 0 Å². The predicted molar refractivity (Wildman–Crippen MR) is 180 cm³/mol. The highest BCUT2D eigenvalue weighted by atomic mass is 31.1. The summed E-state index contributed by atoms with van der Waals surface area (Å²) in [5.41, 5.74) is 2.51. The number of nitrogens with zero attached hydrogens (tertiary/aromatic N) is 4. The van der Waals surface area contributed by atoms with Crippen LogP contribution in [0.3, 0.4) is 0 Å². The maximum atomic E-state index is 14.0. The zero-order valence-corrected chi connectivity index (χ0v) is 27.7. The topological polar surface area (TPSA) is 126 Å². The molecule has 47 heavy (non-hydrogen) atoms. The van der Waals surface area contributed by atoms with Crippen LogP contribution >= 0.6 is 8.81 Å². The van der Waals surface area contributed by atoms with Crippen molar-refractivity contribution in [1.29, 1.82) is 0 Å². The Labute approximate surface area is 274 Å². The standard InChI is InChI=1S/C31H35F3N7O2P.C2H6O/c1-3-43-44-19-20-9-12-23(13-10-20)38-30-36-17-26(31(32,33)34)28(40-30)39-27-14-11-21(15-25(27)29(42)35-2)22-16-37-41(18-22)24-7-5-4-6-8-24;1-2-3/h9-18,24,44H,3-8,19H2,1-2H3,(H,35,42)(H2,36,38,39,40);3H,2H2,1H3. The number of carbonyl (C=O) groups excluding carboxylic acids is 1. The van der Waals surface area contributed by atoms with Crippen molar-refractivity contribution in [3.05, 3.63) is 77.7 Å². The second-order valence-corrected chi connectivity index (χ2v) is 11.7. The van der Waals surface area contributed by atoms with Crippen LogP contribution in [-0.2, 0) is 16.9 Å². The maximum Gasteiger partial charge on any atom is 0.421 e. The largest absolute Gasteiger partial charge is 0.421 e. The van der Waals surface area contributed by atoms with Gasteiger partial charge >= 0.3 is 6.18 Å². The van der Waals surface area contributed by atoms with E-state index < -0.39 is 23.5 Å². The smallest absolute Gasteiger partial charge is 0.397 e. The Morgan fingerprint density at radius 2 is 1.77 bits per heavy atom. The van der Waals surface area contributed by atoms with E-state index in [0.717, 1.165) is 41.9 Å². The molecule has 0 bridgehead atoms. The number of anilines is 4. The van der Waals surface area contributed by atoms with Gasteiger partial charge < -0.3 is 25.6 Å². The monoisotopic (exact) mass is 671 g/mol. The SMILES string of the molecule is CCO.CCOPCc1ccc(Nc2ncc(C(F)(F)F)c(Nc3ccc(-c4cnn(C5CCCCC5)c4)cc3C(=O)NC)n2)cc1. The van der Waals surface area contributed by atoms with Crippen LogP contribution in [0.4, 0.5) is 36.3 Å². The zero-order chi connectivity index (χ0) is 33.8. The molecular weight excluding hydrogens is 630 g/mol. The van der Waals surface area contributed by atoms with Gasteiger partial charge in [-0.3, -0.25) is 9.48 Å². The van der Waals surface area contributed by atoms with Crippen LogP contribution in [0.25, 0.3) is 11.1 Å². The fourth-order valence-corrected chi connectivity index (χ4v) is 5.84. The number of carbonyl (C=O) groups is 1. The molecule has 0 spiro atoms. The van der Waals surface area contributed by atoms with E-state index in [0.29, 0.717) is 27.1 Å². The van der Waals surface area contributed by atoms with Gasteiger partial charge in [-0.15, -0.1) is 0 Å². The summed E-state index contributed by atoms with van der Waals surface area (Å²) in [7, 11) is 1.82. The number of aliphatic hydroxyl groups excluding tert-OH is 1. The normalized spacial score (nSPS) is 13.7. The summed E-state index contributed by atoms with van der Waals surface area (Å²) in [4.78, 5) is 21.0. The summed E-state index contributed by atoms with van der Waals surface area (Å²) in [6.45, 7) is 4.52. The van der Waals surface area contributed by atoms with Crippen molar-refractivity contribution in [3.63, 3.8) is 0 Å². The Bertz CT molecular complexity index is 1590. The highest BCUT2D eigenvalue weighted by Gasteiger charge is 2.35. The molecule has 1 fully saturated rings. The van der Waals surface area contributed by atoms with Crippen LogP contribution in [0, 0.1) is 0 Å². The third-order valence-corrected chi connectivity index (χ3v) is 8.50. The Balaban J connectivity index is 0.00000160.